The summed E-state index contributed by atoms with van der Waals surface area (Å²) in [7, 11) is -7.25. The molecule has 1 saturated heterocycles. The Labute approximate surface area is 214 Å². The Balaban J connectivity index is 1.57. The monoisotopic (exact) mass is 547 g/mol. The van der Waals surface area contributed by atoms with Gasteiger partial charge in [0.25, 0.3) is 5.91 Å². The molecule has 2 N–H and O–H groups in total. The number of aliphatic carboxylic acids is 1. The Morgan fingerprint density at radius 1 is 0.944 bits per heavy atom. The Morgan fingerprint density at radius 3 is 2.08 bits per heavy atom. The van der Waals surface area contributed by atoms with Crippen molar-refractivity contribution in [2.24, 2.45) is 0 Å². The molecule has 4 rings (SSSR count). The van der Waals surface area contributed by atoms with Gasteiger partial charge in [0.1, 0.15) is 4.75 Å². The molecule has 190 valence electrons. The zero-order valence-electron chi connectivity index (χ0n) is 19.4. The van der Waals surface area contributed by atoms with Gasteiger partial charge in [0.15, 0.2) is 9.84 Å². The average molecular weight is 548 g/mol. The number of amides is 1. The van der Waals surface area contributed by atoms with Gasteiger partial charge in [-0.1, -0.05) is 42.8 Å². The van der Waals surface area contributed by atoms with Crippen molar-refractivity contribution in [1.29, 1.82) is 0 Å². The van der Waals surface area contributed by atoms with Gasteiger partial charge < -0.3 is 5.11 Å². The number of carbonyl (C=O) groups excluding carboxylic acids is 1. The largest absolute Gasteiger partial charge is 0.481 e. The molecule has 1 aliphatic rings. The molecule has 1 atom stereocenters. The number of nitrogens with one attached hydrogen (secondary N) is 1. The van der Waals surface area contributed by atoms with Crippen molar-refractivity contribution in [1.82, 2.24) is 4.72 Å². The van der Waals surface area contributed by atoms with Crippen LogP contribution in [0, 0.1) is 0 Å². The Morgan fingerprint density at radius 2 is 1.53 bits per heavy atom. The second-order valence-corrected chi connectivity index (χ2v) is 14.1. The van der Waals surface area contributed by atoms with Crippen LogP contribution in [0.2, 0.25) is 0 Å². The van der Waals surface area contributed by atoms with E-state index < -0.39 is 42.9 Å². The van der Waals surface area contributed by atoms with Gasteiger partial charge in [-0.15, -0.1) is 11.3 Å². The maximum atomic E-state index is 13.0. The van der Waals surface area contributed by atoms with Gasteiger partial charge in [-0.2, -0.15) is 0 Å². The van der Waals surface area contributed by atoms with E-state index >= 15 is 0 Å². The number of thiophene rings is 1. The molecule has 1 aliphatic heterocycles. The third kappa shape index (κ3) is 5.37. The predicted molar refractivity (Wildman–Crippen MR) is 139 cm³/mol. The molecule has 0 spiro atoms. The van der Waals surface area contributed by atoms with E-state index in [2.05, 4.69) is 0 Å². The summed E-state index contributed by atoms with van der Waals surface area (Å²) >= 11 is 1.31. The van der Waals surface area contributed by atoms with Gasteiger partial charge in [-0.25, -0.2) is 21.6 Å². The fourth-order valence-electron chi connectivity index (χ4n) is 4.47. The van der Waals surface area contributed by atoms with Gasteiger partial charge in [0.2, 0.25) is 10.0 Å². The zero-order valence-corrected chi connectivity index (χ0v) is 21.9. The van der Waals surface area contributed by atoms with E-state index in [9.17, 15) is 31.5 Å². The van der Waals surface area contributed by atoms with Crippen molar-refractivity contribution in [2.45, 2.75) is 30.4 Å². The minimum atomic E-state index is -3.65. The van der Waals surface area contributed by atoms with Crippen LogP contribution in [-0.4, -0.2) is 45.8 Å². The second kappa shape index (κ2) is 9.79. The normalized spacial score (nSPS) is 19.5. The highest BCUT2D eigenvalue weighted by atomic mass is 32.2. The van der Waals surface area contributed by atoms with Gasteiger partial charge in [-0.05, 0) is 53.8 Å². The van der Waals surface area contributed by atoms with E-state index in [1.54, 1.807) is 30.3 Å². The summed E-state index contributed by atoms with van der Waals surface area (Å²) in [5.41, 5.74) is 2.80. The quantitative estimate of drug-likeness (QED) is 0.456. The minimum absolute atomic E-state index is 0.00306. The highest BCUT2D eigenvalue weighted by Gasteiger charge is 2.49. The van der Waals surface area contributed by atoms with Gasteiger partial charge in [0.05, 0.1) is 18.4 Å². The predicted octanol–water partition coefficient (Wildman–Crippen LogP) is 4.04. The molecule has 0 unspecified atom stereocenters. The third-order valence-corrected chi connectivity index (χ3v) is 10.9. The number of carboxylic acid groups (broad SMARTS) is 1. The first-order valence-electron chi connectivity index (χ1n) is 11.2. The number of rotatable bonds is 7. The van der Waals surface area contributed by atoms with E-state index in [0.717, 1.165) is 27.8 Å². The Hall–Kier alpha value is -3.02. The highest BCUT2D eigenvalue weighted by Crippen LogP contribution is 2.47. The van der Waals surface area contributed by atoms with E-state index in [1.165, 1.54) is 11.3 Å². The van der Waals surface area contributed by atoms with Crippen LogP contribution in [-0.2, 0) is 29.4 Å². The standard InChI is InChI=1S/C25H25NO7S3/c1-35(30,31)26-24(29)20-10-6-18(7-11-20)17-4-8-19(9-5-17)21-12-13-22(34-21)25(16-23(27)28)14-2-3-15-36(25,32)33/h4-13H,2-3,14-16H2,1H3,(H,26,29)(H,27,28)/t25-/m0/s1. The number of hydrogen-bond donors (Lipinski definition) is 2. The topological polar surface area (TPSA) is 135 Å². The summed E-state index contributed by atoms with van der Waals surface area (Å²) in [5, 5.41) is 9.48. The average Bonchev–Trinajstić information content (AvgIpc) is 3.30. The lowest BCUT2D eigenvalue weighted by molar-refractivity contribution is -0.137. The molecule has 1 fully saturated rings. The summed E-state index contributed by atoms with van der Waals surface area (Å²) in [6, 6.07) is 17.7. The molecule has 1 aromatic heterocycles. The first-order chi connectivity index (χ1) is 16.9. The van der Waals surface area contributed by atoms with Gasteiger partial charge in [0, 0.05) is 15.3 Å². The van der Waals surface area contributed by atoms with Crippen LogP contribution in [0.5, 0.6) is 0 Å². The molecule has 1 amide bonds. The number of carbonyl (C=O) groups is 2. The first-order valence-corrected chi connectivity index (χ1v) is 15.5. The molecular weight excluding hydrogens is 522 g/mol. The molecule has 11 heteroatoms. The molecule has 2 aromatic carbocycles. The van der Waals surface area contributed by atoms with Crippen molar-refractivity contribution < 1.29 is 31.5 Å². The summed E-state index contributed by atoms with van der Waals surface area (Å²) in [4.78, 5) is 25.0. The molecule has 0 bridgehead atoms. The summed E-state index contributed by atoms with van der Waals surface area (Å²) in [6.45, 7) is 0. The summed E-state index contributed by atoms with van der Waals surface area (Å²) in [6.07, 6.45) is 2.00. The molecule has 8 nitrogen and oxygen atoms in total. The molecule has 0 saturated carbocycles. The Kier molecular flexibility index (Phi) is 7.09. The smallest absolute Gasteiger partial charge is 0.305 e. The van der Waals surface area contributed by atoms with Crippen LogP contribution < -0.4 is 4.72 Å². The van der Waals surface area contributed by atoms with Crippen LogP contribution in [0.1, 0.15) is 40.9 Å². The number of carboxylic acids is 1. The van der Waals surface area contributed by atoms with Gasteiger partial charge in [-0.3, -0.25) is 9.59 Å². The Bertz CT molecular complexity index is 1510. The van der Waals surface area contributed by atoms with Crippen LogP contribution in [0.4, 0.5) is 0 Å². The van der Waals surface area contributed by atoms with E-state index in [0.29, 0.717) is 24.1 Å². The number of sulfone groups is 1. The highest BCUT2D eigenvalue weighted by molar-refractivity contribution is 7.92. The fourth-order valence-corrected chi connectivity index (χ4v) is 8.70. The minimum Gasteiger partial charge on any atom is -0.481 e. The number of benzene rings is 2. The lowest BCUT2D eigenvalue weighted by Gasteiger charge is -2.34. The number of sulfonamides is 1. The molecule has 2 heterocycles. The van der Waals surface area contributed by atoms with Crippen LogP contribution in [0.3, 0.4) is 0 Å². The maximum absolute atomic E-state index is 13.0. The third-order valence-electron chi connectivity index (χ3n) is 6.26. The van der Waals surface area contributed by atoms with Crippen molar-refractivity contribution in [3.05, 3.63) is 71.1 Å². The molecule has 0 radical (unpaired) electrons. The lowest BCUT2D eigenvalue weighted by atomic mass is 9.95. The zero-order chi connectivity index (χ0) is 26.1. The van der Waals surface area contributed by atoms with Crippen LogP contribution >= 0.6 is 11.3 Å². The fraction of sp³-hybridized carbons (Fsp3) is 0.280. The van der Waals surface area contributed by atoms with E-state index in [-0.39, 0.29) is 11.3 Å². The first kappa shape index (κ1) is 26.1. The number of hydrogen-bond acceptors (Lipinski definition) is 7. The van der Waals surface area contributed by atoms with E-state index in [4.69, 9.17) is 0 Å². The van der Waals surface area contributed by atoms with Crippen LogP contribution in [0.25, 0.3) is 21.6 Å². The molecule has 36 heavy (non-hydrogen) atoms. The van der Waals surface area contributed by atoms with Gasteiger partial charge >= 0.3 is 5.97 Å². The maximum Gasteiger partial charge on any atom is 0.305 e. The van der Waals surface area contributed by atoms with Crippen molar-refractivity contribution >= 4 is 43.1 Å². The van der Waals surface area contributed by atoms with Crippen LogP contribution in [0.15, 0.2) is 60.7 Å². The molecular formula is C25H25NO7S3. The SMILES string of the molecule is CS(=O)(=O)NC(=O)c1ccc(-c2ccc(-c3ccc([C@@]4(CC(=O)O)CCCCS4(=O)=O)s3)cc2)cc1. The van der Waals surface area contributed by atoms with Crippen molar-refractivity contribution in [2.75, 3.05) is 12.0 Å². The van der Waals surface area contributed by atoms with E-state index in [1.807, 2.05) is 35.1 Å². The summed E-state index contributed by atoms with van der Waals surface area (Å²) < 4.78 is 49.1. The second-order valence-electron chi connectivity index (χ2n) is 8.86. The lowest BCUT2D eigenvalue weighted by Crippen LogP contribution is -2.41. The molecule has 0 aliphatic carbocycles. The van der Waals surface area contributed by atoms with Crippen molar-refractivity contribution in [3.63, 3.8) is 0 Å². The van der Waals surface area contributed by atoms with Crippen molar-refractivity contribution in [3.8, 4) is 21.6 Å². The molecule has 3 aromatic rings. The summed E-state index contributed by atoms with van der Waals surface area (Å²) in [5.74, 6) is -1.83.